The van der Waals surface area contributed by atoms with Crippen LogP contribution in [0, 0.1) is 0 Å². The van der Waals surface area contributed by atoms with Crippen LogP contribution in [0.1, 0.15) is 13.8 Å². The van der Waals surface area contributed by atoms with Crippen LogP contribution < -0.4 is 9.44 Å². The Kier molecular flexibility index (Phi) is 2.31. The van der Waals surface area contributed by atoms with Crippen LogP contribution in [0.5, 0.6) is 0 Å². The van der Waals surface area contributed by atoms with Crippen molar-refractivity contribution in [3.8, 4) is 0 Å². The quantitative estimate of drug-likeness (QED) is 0.548. The molecule has 0 radical (unpaired) electrons. The number of nitrogens with one attached hydrogen (secondary N) is 2. The molecule has 2 unspecified atom stereocenters. The lowest BCUT2D eigenvalue weighted by Crippen LogP contribution is -2.37. The summed E-state index contributed by atoms with van der Waals surface area (Å²) in [7, 11) is -3.36. The SMILES string of the molecule is CC1(C)OC2CNS(=O)(=O)NCC2O1. The third-order valence-corrected chi connectivity index (χ3v) is 3.33. The third kappa shape index (κ3) is 2.06. The van der Waals surface area contributed by atoms with Gasteiger partial charge in [-0.25, -0.2) is 0 Å². The second-order valence-electron chi connectivity index (χ2n) is 3.91. The summed E-state index contributed by atoms with van der Waals surface area (Å²) in [5.41, 5.74) is 0. The fourth-order valence-corrected chi connectivity index (χ4v) is 2.56. The van der Waals surface area contributed by atoms with Gasteiger partial charge in [0.15, 0.2) is 5.79 Å². The number of hydrogen-bond acceptors (Lipinski definition) is 4. The second-order valence-corrected chi connectivity index (χ2v) is 5.50. The maximum atomic E-state index is 11.1. The molecule has 2 N–H and O–H groups in total. The number of hydrogen-bond donors (Lipinski definition) is 2. The minimum Gasteiger partial charge on any atom is -0.343 e. The summed E-state index contributed by atoms with van der Waals surface area (Å²) in [4.78, 5) is 0. The molecule has 82 valence electrons. The molecule has 2 rings (SSSR count). The molecule has 7 heteroatoms. The molecule has 0 spiro atoms. The van der Waals surface area contributed by atoms with Crippen molar-refractivity contribution in [3.63, 3.8) is 0 Å². The molecule has 2 fully saturated rings. The second kappa shape index (κ2) is 3.14. The highest BCUT2D eigenvalue weighted by atomic mass is 32.2. The molecule has 2 saturated heterocycles. The predicted molar refractivity (Wildman–Crippen MR) is 48.8 cm³/mol. The van der Waals surface area contributed by atoms with E-state index >= 15 is 0 Å². The van der Waals surface area contributed by atoms with Crippen molar-refractivity contribution >= 4 is 10.2 Å². The smallest absolute Gasteiger partial charge is 0.277 e. The molecule has 0 aromatic rings. The number of fused-ring (bicyclic) bond motifs is 1. The molecule has 0 aliphatic carbocycles. The van der Waals surface area contributed by atoms with E-state index in [0.717, 1.165) is 0 Å². The van der Waals surface area contributed by atoms with Gasteiger partial charge < -0.3 is 9.47 Å². The molecule has 2 aliphatic rings. The Balaban J connectivity index is 2.10. The number of ether oxygens (including phenoxy) is 2. The molecule has 14 heavy (non-hydrogen) atoms. The summed E-state index contributed by atoms with van der Waals surface area (Å²) in [5.74, 6) is -0.625. The summed E-state index contributed by atoms with van der Waals surface area (Å²) >= 11 is 0. The van der Waals surface area contributed by atoms with E-state index < -0.39 is 16.0 Å². The summed E-state index contributed by atoms with van der Waals surface area (Å²) in [6.45, 7) is 4.14. The predicted octanol–water partition coefficient (Wildman–Crippen LogP) is -1.06. The first-order valence-corrected chi connectivity index (χ1v) is 5.96. The molecule has 0 aromatic carbocycles. The van der Waals surface area contributed by atoms with Crippen molar-refractivity contribution in [1.82, 2.24) is 9.44 Å². The van der Waals surface area contributed by atoms with Gasteiger partial charge in [0.1, 0.15) is 12.2 Å². The standard InChI is InChI=1S/C7H14N2O4S/c1-7(2)12-5-3-8-14(10,11)9-4-6(5)13-7/h5-6,8-9H,3-4H2,1-2H3. The number of rotatable bonds is 0. The van der Waals surface area contributed by atoms with E-state index in [0.29, 0.717) is 0 Å². The molecule has 2 heterocycles. The highest BCUT2D eigenvalue weighted by molar-refractivity contribution is 7.87. The van der Waals surface area contributed by atoms with Crippen LogP contribution in [0.4, 0.5) is 0 Å². The lowest BCUT2D eigenvalue weighted by molar-refractivity contribution is -0.145. The molecule has 0 bridgehead atoms. The highest BCUT2D eigenvalue weighted by Crippen LogP contribution is 2.28. The van der Waals surface area contributed by atoms with Gasteiger partial charge in [-0.05, 0) is 13.8 Å². The van der Waals surface area contributed by atoms with Crippen molar-refractivity contribution in [3.05, 3.63) is 0 Å². The highest BCUT2D eigenvalue weighted by Gasteiger charge is 2.43. The molecular formula is C7H14N2O4S. The zero-order valence-corrected chi connectivity index (χ0v) is 8.93. The van der Waals surface area contributed by atoms with Crippen LogP contribution in [0.3, 0.4) is 0 Å². The van der Waals surface area contributed by atoms with Gasteiger partial charge in [-0.1, -0.05) is 0 Å². The molecule has 0 aromatic heterocycles. The van der Waals surface area contributed by atoms with Crippen LogP contribution >= 0.6 is 0 Å². The van der Waals surface area contributed by atoms with E-state index in [4.69, 9.17) is 9.47 Å². The van der Waals surface area contributed by atoms with Gasteiger partial charge in [0, 0.05) is 13.1 Å². The van der Waals surface area contributed by atoms with Crippen molar-refractivity contribution in [2.24, 2.45) is 0 Å². The van der Waals surface area contributed by atoms with Crippen molar-refractivity contribution < 1.29 is 17.9 Å². The van der Waals surface area contributed by atoms with Gasteiger partial charge in [0.25, 0.3) is 10.2 Å². The van der Waals surface area contributed by atoms with Gasteiger partial charge >= 0.3 is 0 Å². The summed E-state index contributed by atoms with van der Waals surface area (Å²) in [6, 6.07) is 0. The zero-order chi connectivity index (χ0) is 10.4. The normalized spacial score (nSPS) is 40.1. The molecule has 6 nitrogen and oxygen atoms in total. The first-order valence-electron chi connectivity index (χ1n) is 4.48. The largest absolute Gasteiger partial charge is 0.343 e. The maximum absolute atomic E-state index is 11.1. The van der Waals surface area contributed by atoms with Gasteiger partial charge in [-0.3, -0.25) is 0 Å². The molecule has 0 amide bonds. The fraction of sp³-hybridized carbons (Fsp3) is 1.00. The van der Waals surface area contributed by atoms with Crippen molar-refractivity contribution in [2.45, 2.75) is 31.8 Å². The summed E-state index contributed by atoms with van der Waals surface area (Å²) in [5, 5.41) is 0. The topological polar surface area (TPSA) is 76.7 Å². The minimum absolute atomic E-state index is 0.213. The maximum Gasteiger partial charge on any atom is 0.277 e. The lowest BCUT2D eigenvalue weighted by atomic mass is 10.2. The van der Waals surface area contributed by atoms with Gasteiger partial charge in [-0.15, -0.1) is 0 Å². The van der Waals surface area contributed by atoms with Crippen LogP contribution in [0.15, 0.2) is 0 Å². The Hall–Kier alpha value is -0.210. The first kappa shape index (κ1) is 10.3. The Morgan fingerprint density at radius 1 is 1.14 bits per heavy atom. The zero-order valence-electron chi connectivity index (χ0n) is 8.11. The van der Waals surface area contributed by atoms with E-state index in [1.54, 1.807) is 0 Å². The fourth-order valence-electron chi connectivity index (χ4n) is 1.69. The average molecular weight is 222 g/mol. The van der Waals surface area contributed by atoms with Gasteiger partial charge in [-0.2, -0.15) is 17.9 Å². The van der Waals surface area contributed by atoms with Crippen LogP contribution in [-0.4, -0.2) is 39.5 Å². The monoisotopic (exact) mass is 222 g/mol. The lowest BCUT2D eigenvalue weighted by Gasteiger charge is -2.17. The molecule has 2 aliphatic heterocycles. The minimum atomic E-state index is -3.36. The van der Waals surface area contributed by atoms with E-state index in [-0.39, 0.29) is 25.3 Å². The van der Waals surface area contributed by atoms with E-state index in [1.165, 1.54) is 0 Å². The molecule has 2 atom stereocenters. The molecule has 0 saturated carbocycles. The average Bonchev–Trinajstić information content (AvgIpc) is 2.27. The Labute approximate surface area is 83.1 Å². The van der Waals surface area contributed by atoms with E-state index in [2.05, 4.69) is 9.44 Å². The van der Waals surface area contributed by atoms with Crippen molar-refractivity contribution in [2.75, 3.05) is 13.1 Å². The van der Waals surface area contributed by atoms with Crippen molar-refractivity contribution in [1.29, 1.82) is 0 Å². The van der Waals surface area contributed by atoms with Crippen LogP contribution in [-0.2, 0) is 19.7 Å². The Bertz CT molecular complexity index is 303. The van der Waals surface area contributed by atoms with Crippen LogP contribution in [0.25, 0.3) is 0 Å². The van der Waals surface area contributed by atoms with E-state index in [9.17, 15) is 8.42 Å². The van der Waals surface area contributed by atoms with Crippen LogP contribution in [0.2, 0.25) is 0 Å². The Morgan fingerprint density at radius 3 is 2.00 bits per heavy atom. The summed E-state index contributed by atoms with van der Waals surface area (Å²) in [6.07, 6.45) is -0.426. The molecular weight excluding hydrogens is 208 g/mol. The summed E-state index contributed by atoms with van der Waals surface area (Å²) < 4.78 is 38.1. The van der Waals surface area contributed by atoms with Gasteiger partial charge in [0.05, 0.1) is 0 Å². The van der Waals surface area contributed by atoms with E-state index in [1.807, 2.05) is 13.8 Å². The third-order valence-electron chi connectivity index (χ3n) is 2.23. The Morgan fingerprint density at radius 2 is 1.57 bits per heavy atom. The van der Waals surface area contributed by atoms with Gasteiger partial charge in [0.2, 0.25) is 0 Å². The first-order chi connectivity index (χ1) is 6.38.